The van der Waals surface area contributed by atoms with Crippen molar-refractivity contribution in [3.05, 3.63) is 69.6 Å². The number of pyridine rings is 1. The molecule has 1 aromatic carbocycles. The first-order chi connectivity index (χ1) is 13.3. The summed E-state index contributed by atoms with van der Waals surface area (Å²) in [5.41, 5.74) is 1.95. The molecule has 0 saturated heterocycles. The van der Waals surface area contributed by atoms with Gasteiger partial charge in [-0.1, -0.05) is 30.3 Å². The minimum Gasteiger partial charge on any atom is -0.476 e. The highest BCUT2D eigenvalue weighted by Gasteiger charge is 2.24. The molecule has 0 saturated carbocycles. The van der Waals surface area contributed by atoms with E-state index >= 15 is 0 Å². The molecule has 3 rings (SSSR count). The van der Waals surface area contributed by atoms with Gasteiger partial charge in [-0.25, -0.2) is 14.5 Å². The molecule has 0 fully saturated rings. The summed E-state index contributed by atoms with van der Waals surface area (Å²) >= 11 is 0. The van der Waals surface area contributed by atoms with Crippen LogP contribution in [0.1, 0.15) is 41.5 Å². The minimum absolute atomic E-state index is 0.0220. The van der Waals surface area contributed by atoms with E-state index in [-0.39, 0.29) is 22.9 Å². The predicted octanol–water partition coefficient (Wildman–Crippen LogP) is 3.43. The van der Waals surface area contributed by atoms with Gasteiger partial charge >= 0.3 is 5.97 Å². The Labute approximate surface area is 161 Å². The Morgan fingerprint density at radius 2 is 1.86 bits per heavy atom. The lowest BCUT2D eigenvalue weighted by atomic mass is 9.94. The molecule has 0 atom stereocenters. The molecule has 0 radical (unpaired) electrons. The van der Waals surface area contributed by atoms with Gasteiger partial charge < -0.3 is 5.11 Å². The average molecular weight is 374 g/mol. The van der Waals surface area contributed by atoms with Crippen molar-refractivity contribution in [2.45, 2.75) is 26.8 Å². The number of carboxylic acids is 1. The molecular formula is C21H18N4O3. The number of hydrogen-bond donors (Lipinski definition) is 1. The zero-order valence-electron chi connectivity index (χ0n) is 15.7. The van der Waals surface area contributed by atoms with E-state index in [1.807, 2.05) is 38.1 Å². The number of carboxylic acid groups (broad SMARTS) is 1. The molecule has 0 spiro atoms. The second-order valence-electron chi connectivity index (χ2n) is 6.56. The van der Waals surface area contributed by atoms with Gasteiger partial charge in [0.2, 0.25) is 0 Å². The molecule has 0 aliphatic heterocycles. The maximum Gasteiger partial charge on any atom is 0.355 e. The van der Waals surface area contributed by atoms with Gasteiger partial charge in [-0.3, -0.25) is 4.79 Å². The van der Waals surface area contributed by atoms with Crippen molar-refractivity contribution in [3.8, 4) is 28.6 Å². The summed E-state index contributed by atoms with van der Waals surface area (Å²) in [6, 6.07) is 13.9. The molecule has 1 N–H and O–H groups in total. The monoisotopic (exact) mass is 374 g/mol. The number of carbonyl (C=O) groups is 1. The van der Waals surface area contributed by atoms with Gasteiger partial charge in [0, 0.05) is 17.2 Å². The quantitative estimate of drug-likeness (QED) is 0.749. The van der Waals surface area contributed by atoms with E-state index in [4.69, 9.17) is 0 Å². The summed E-state index contributed by atoms with van der Waals surface area (Å²) in [6.07, 6.45) is 0. The molecule has 2 aromatic heterocycles. The van der Waals surface area contributed by atoms with Crippen molar-refractivity contribution in [1.82, 2.24) is 14.8 Å². The Balaban J connectivity index is 2.44. The molecule has 28 heavy (non-hydrogen) atoms. The van der Waals surface area contributed by atoms with Crippen molar-refractivity contribution in [3.63, 3.8) is 0 Å². The van der Waals surface area contributed by atoms with Gasteiger partial charge in [0.05, 0.1) is 23.0 Å². The van der Waals surface area contributed by atoms with Crippen LogP contribution in [0.5, 0.6) is 0 Å². The lowest BCUT2D eigenvalue weighted by Gasteiger charge is -2.16. The second kappa shape index (κ2) is 7.45. The molecule has 3 aromatic rings. The Hall–Kier alpha value is -3.79. The number of hydrogen-bond acceptors (Lipinski definition) is 5. The van der Waals surface area contributed by atoms with E-state index < -0.39 is 5.97 Å². The third kappa shape index (κ3) is 3.28. The van der Waals surface area contributed by atoms with Crippen LogP contribution in [0.2, 0.25) is 0 Å². The number of rotatable bonds is 4. The van der Waals surface area contributed by atoms with Crippen LogP contribution in [0.15, 0.2) is 47.3 Å². The van der Waals surface area contributed by atoms with Crippen LogP contribution in [0, 0.1) is 18.3 Å². The first kappa shape index (κ1) is 19.0. The standard InChI is InChI=1S/C21H18N4O3/c1-12(2)25-17(26)10-9-16(24-25)18-13(3)15(11-22)20(21(27)28)23-19(18)14-7-5-4-6-8-14/h4-10,12H,1-3H3,(H,27,28). The number of nitrogens with zero attached hydrogens (tertiary/aromatic N) is 4. The third-order valence-electron chi connectivity index (χ3n) is 4.38. The Kier molecular flexibility index (Phi) is 5.05. The van der Waals surface area contributed by atoms with Gasteiger partial charge in [0.25, 0.3) is 5.56 Å². The van der Waals surface area contributed by atoms with E-state index in [0.717, 1.165) is 0 Å². The highest BCUT2D eigenvalue weighted by Crippen LogP contribution is 2.34. The maximum atomic E-state index is 12.1. The summed E-state index contributed by atoms with van der Waals surface area (Å²) in [5.74, 6) is -1.27. The number of aromatic nitrogens is 3. The second-order valence-corrected chi connectivity index (χ2v) is 6.56. The summed E-state index contributed by atoms with van der Waals surface area (Å²) in [6.45, 7) is 5.35. The van der Waals surface area contributed by atoms with Crippen molar-refractivity contribution < 1.29 is 9.90 Å². The van der Waals surface area contributed by atoms with Crippen molar-refractivity contribution in [2.24, 2.45) is 0 Å². The highest BCUT2D eigenvalue weighted by molar-refractivity contribution is 5.93. The molecule has 0 unspecified atom stereocenters. The first-order valence-corrected chi connectivity index (χ1v) is 8.68. The van der Waals surface area contributed by atoms with Gasteiger partial charge in [-0.05, 0) is 32.4 Å². The van der Waals surface area contributed by atoms with Gasteiger partial charge in [0.15, 0.2) is 5.69 Å². The SMILES string of the molecule is Cc1c(C#N)c(C(=O)O)nc(-c2ccccc2)c1-c1ccc(=O)n(C(C)C)n1. The highest BCUT2D eigenvalue weighted by atomic mass is 16.4. The topological polar surface area (TPSA) is 109 Å². The lowest BCUT2D eigenvalue weighted by Crippen LogP contribution is -2.24. The zero-order valence-corrected chi connectivity index (χ0v) is 15.7. The molecule has 2 heterocycles. The fourth-order valence-corrected chi connectivity index (χ4v) is 3.04. The van der Waals surface area contributed by atoms with Gasteiger partial charge in [-0.2, -0.15) is 10.4 Å². The fourth-order valence-electron chi connectivity index (χ4n) is 3.04. The smallest absolute Gasteiger partial charge is 0.355 e. The van der Waals surface area contributed by atoms with Crippen LogP contribution in [0.3, 0.4) is 0 Å². The summed E-state index contributed by atoms with van der Waals surface area (Å²) in [7, 11) is 0. The molecule has 7 nitrogen and oxygen atoms in total. The number of aromatic carboxylic acids is 1. The molecule has 140 valence electrons. The van der Waals surface area contributed by atoms with E-state index in [1.165, 1.54) is 10.7 Å². The third-order valence-corrected chi connectivity index (χ3v) is 4.38. The summed E-state index contributed by atoms with van der Waals surface area (Å²) in [4.78, 5) is 28.1. The molecule has 7 heteroatoms. The van der Waals surface area contributed by atoms with Crippen LogP contribution in [0.4, 0.5) is 0 Å². The fraction of sp³-hybridized carbons (Fsp3) is 0.190. The number of benzene rings is 1. The van der Waals surface area contributed by atoms with E-state index in [1.54, 1.807) is 25.1 Å². The average Bonchev–Trinajstić information content (AvgIpc) is 2.68. The molecule has 0 amide bonds. The van der Waals surface area contributed by atoms with E-state index in [9.17, 15) is 20.0 Å². The summed E-state index contributed by atoms with van der Waals surface area (Å²) < 4.78 is 1.35. The minimum atomic E-state index is -1.27. The van der Waals surface area contributed by atoms with Crippen LogP contribution in [-0.2, 0) is 0 Å². The van der Waals surface area contributed by atoms with Crippen molar-refractivity contribution >= 4 is 5.97 Å². The normalized spacial score (nSPS) is 10.7. The van der Waals surface area contributed by atoms with Crippen LogP contribution < -0.4 is 5.56 Å². The van der Waals surface area contributed by atoms with Gasteiger partial charge in [0.1, 0.15) is 6.07 Å². The van der Waals surface area contributed by atoms with E-state index in [0.29, 0.717) is 28.1 Å². The van der Waals surface area contributed by atoms with Crippen molar-refractivity contribution in [1.29, 1.82) is 5.26 Å². The lowest BCUT2D eigenvalue weighted by molar-refractivity contribution is 0.0690. The van der Waals surface area contributed by atoms with Gasteiger partial charge in [-0.15, -0.1) is 0 Å². The van der Waals surface area contributed by atoms with Crippen LogP contribution in [-0.4, -0.2) is 25.8 Å². The molecular weight excluding hydrogens is 356 g/mol. The zero-order chi connectivity index (χ0) is 20.4. The van der Waals surface area contributed by atoms with Crippen LogP contribution >= 0.6 is 0 Å². The predicted molar refractivity (Wildman–Crippen MR) is 104 cm³/mol. The molecule has 0 aliphatic rings. The van der Waals surface area contributed by atoms with E-state index in [2.05, 4.69) is 10.1 Å². The Morgan fingerprint density at radius 1 is 1.18 bits per heavy atom. The summed E-state index contributed by atoms with van der Waals surface area (Å²) in [5, 5.41) is 23.5. The maximum absolute atomic E-state index is 12.1. The van der Waals surface area contributed by atoms with Crippen molar-refractivity contribution in [2.75, 3.05) is 0 Å². The Bertz CT molecular complexity index is 1160. The molecule has 0 aliphatic carbocycles. The first-order valence-electron chi connectivity index (χ1n) is 8.68. The largest absolute Gasteiger partial charge is 0.476 e. The van der Waals surface area contributed by atoms with Crippen LogP contribution in [0.25, 0.3) is 22.5 Å². The Morgan fingerprint density at radius 3 is 2.43 bits per heavy atom. The molecule has 0 bridgehead atoms. The number of nitriles is 1.